The van der Waals surface area contributed by atoms with Crippen LogP contribution in [-0.4, -0.2) is 26.8 Å². The van der Waals surface area contributed by atoms with E-state index in [1.165, 1.54) is 23.0 Å². The third-order valence-corrected chi connectivity index (χ3v) is 6.93. The van der Waals surface area contributed by atoms with E-state index >= 15 is 0 Å². The highest BCUT2D eigenvalue weighted by Gasteiger charge is 2.53. The Morgan fingerprint density at radius 1 is 1.06 bits per heavy atom. The number of carboxylic acids is 1. The smallest absolute Gasteiger partial charge is 0.416 e. The van der Waals surface area contributed by atoms with Crippen molar-refractivity contribution in [3.8, 4) is 11.1 Å². The Kier molecular flexibility index (Phi) is 5.60. The molecule has 2 saturated carbocycles. The molecule has 2 aliphatic carbocycles. The number of carbonyl (C=O) groups excluding carboxylic acids is 1. The van der Waals surface area contributed by atoms with E-state index in [9.17, 15) is 36.6 Å². The average Bonchev–Trinajstić information content (AvgIpc) is 3.49. The van der Waals surface area contributed by atoms with Gasteiger partial charge in [0.05, 0.1) is 28.1 Å². The van der Waals surface area contributed by atoms with E-state index in [1.807, 2.05) is 0 Å². The van der Waals surface area contributed by atoms with E-state index in [4.69, 9.17) is 0 Å². The van der Waals surface area contributed by atoms with Crippen molar-refractivity contribution in [3.05, 3.63) is 71.1 Å². The Labute approximate surface area is 201 Å². The normalized spacial score (nSPS) is 16.9. The molecule has 1 heterocycles. The second-order valence-corrected chi connectivity index (χ2v) is 9.19. The van der Waals surface area contributed by atoms with Gasteiger partial charge in [-0.05, 0) is 56.4 Å². The number of hydrogen-bond acceptors (Lipinski definition) is 3. The van der Waals surface area contributed by atoms with E-state index in [2.05, 4.69) is 10.4 Å². The van der Waals surface area contributed by atoms with Crippen molar-refractivity contribution >= 4 is 17.6 Å². The number of alkyl halides is 3. The van der Waals surface area contributed by atoms with Gasteiger partial charge in [0, 0.05) is 23.0 Å². The summed E-state index contributed by atoms with van der Waals surface area (Å²) in [5.41, 5.74) is -2.77. The highest BCUT2D eigenvalue weighted by molar-refractivity contribution is 6.03. The van der Waals surface area contributed by atoms with Crippen molar-refractivity contribution in [1.82, 2.24) is 9.78 Å². The summed E-state index contributed by atoms with van der Waals surface area (Å²) in [4.78, 5) is 25.0. The zero-order valence-electron chi connectivity index (χ0n) is 18.7. The van der Waals surface area contributed by atoms with Gasteiger partial charge in [-0.15, -0.1) is 5.10 Å². The third-order valence-electron chi connectivity index (χ3n) is 6.93. The topological polar surface area (TPSA) is 84.2 Å². The molecule has 0 radical (unpaired) electrons. The predicted molar refractivity (Wildman–Crippen MR) is 118 cm³/mol. The third kappa shape index (κ3) is 4.12. The molecular formula is C25H20F5N3O3. The van der Waals surface area contributed by atoms with Gasteiger partial charge >= 0.3 is 12.1 Å². The predicted octanol–water partition coefficient (Wildman–Crippen LogP) is 5.94. The van der Waals surface area contributed by atoms with E-state index in [0.29, 0.717) is 6.07 Å². The van der Waals surface area contributed by atoms with E-state index < -0.39 is 40.8 Å². The van der Waals surface area contributed by atoms with Crippen LogP contribution in [0, 0.1) is 11.8 Å². The maximum absolute atomic E-state index is 14.6. The fraction of sp³-hybridized carbons (Fsp3) is 0.320. The molecule has 36 heavy (non-hydrogen) atoms. The lowest BCUT2D eigenvalue weighted by Gasteiger charge is -2.25. The molecule has 0 spiro atoms. The quantitative estimate of drug-likeness (QED) is 0.406. The second-order valence-electron chi connectivity index (χ2n) is 9.19. The molecule has 0 unspecified atom stereocenters. The van der Waals surface area contributed by atoms with Gasteiger partial charge in [-0.2, -0.15) is 17.6 Å². The summed E-state index contributed by atoms with van der Waals surface area (Å²) in [5, 5.41) is 16.1. The molecule has 5 rings (SSSR count). The van der Waals surface area contributed by atoms with Crippen molar-refractivity contribution in [3.63, 3.8) is 0 Å². The summed E-state index contributed by atoms with van der Waals surface area (Å²) in [7, 11) is 0. The van der Waals surface area contributed by atoms with Gasteiger partial charge in [-0.1, -0.05) is 12.1 Å². The fourth-order valence-corrected chi connectivity index (χ4v) is 4.50. The number of anilines is 1. The van der Waals surface area contributed by atoms with Crippen LogP contribution in [0.5, 0.6) is 0 Å². The first-order chi connectivity index (χ1) is 17.0. The summed E-state index contributed by atoms with van der Waals surface area (Å²) < 4.78 is 69.2. The molecule has 2 aromatic carbocycles. The first kappa shape index (κ1) is 24.0. The van der Waals surface area contributed by atoms with Crippen molar-refractivity contribution in [2.45, 2.75) is 49.7 Å². The van der Waals surface area contributed by atoms with Gasteiger partial charge < -0.3 is 10.4 Å². The summed E-state index contributed by atoms with van der Waals surface area (Å²) in [5.74, 6) is -3.98. The monoisotopic (exact) mass is 505 g/mol. The molecule has 2 aliphatic rings. The number of amides is 1. The Morgan fingerprint density at radius 2 is 1.78 bits per heavy atom. The highest BCUT2D eigenvalue weighted by Crippen LogP contribution is 2.50. The summed E-state index contributed by atoms with van der Waals surface area (Å²) in [6.07, 6.45) is -0.0919. The van der Waals surface area contributed by atoms with Crippen LogP contribution in [0.1, 0.15) is 59.6 Å². The zero-order valence-corrected chi connectivity index (χ0v) is 18.7. The molecule has 2 fully saturated rings. The average molecular weight is 505 g/mol. The first-order valence-corrected chi connectivity index (χ1v) is 11.3. The number of halogens is 5. The molecular weight excluding hydrogens is 485 g/mol. The van der Waals surface area contributed by atoms with Crippen molar-refractivity contribution < 1.29 is 36.6 Å². The molecule has 6 nitrogen and oxygen atoms in total. The Bertz CT molecular complexity index is 1370. The van der Waals surface area contributed by atoms with Crippen LogP contribution < -0.4 is 5.32 Å². The molecule has 0 saturated heterocycles. The molecule has 188 valence electrons. The maximum atomic E-state index is 14.6. The molecule has 2 N–H and O–H groups in total. The maximum Gasteiger partial charge on any atom is 0.416 e. The lowest BCUT2D eigenvalue weighted by atomic mass is 9.92. The minimum absolute atomic E-state index is 0.0164. The zero-order chi connectivity index (χ0) is 25.8. The van der Waals surface area contributed by atoms with Crippen LogP contribution >= 0.6 is 0 Å². The van der Waals surface area contributed by atoms with Crippen molar-refractivity contribution in [2.24, 2.45) is 0 Å². The SMILES string of the molecule is O=C(O)c1cc(NC(=O)C2(c3ccc(C(F)(F)F)cc3F)CC2)ccc1-c1cn(C2CCC2)nc1F. The minimum atomic E-state index is -4.72. The lowest BCUT2D eigenvalue weighted by Crippen LogP contribution is -2.29. The highest BCUT2D eigenvalue weighted by atomic mass is 19.4. The number of benzene rings is 2. The lowest BCUT2D eigenvalue weighted by molar-refractivity contribution is -0.137. The van der Waals surface area contributed by atoms with Gasteiger partial charge in [0.15, 0.2) is 0 Å². The van der Waals surface area contributed by atoms with E-state index in [-0.39, 0.29) is 46.8 Å². The van der Waals surface area contributed by atoms with Gasteiger partial charge in [0.25, 0.3) is 0 Å². The molecule has 1 aromatic heterocycles. The summed E-state index contributed by atoms with van der Waals surface area (Å²) in [6, 6.07) is 6.01. The van der Waals surface area contributed by atoms with E-state index in [0.717, 1.165) is 37.5 Å². The molecule has 0 atom stereocenters. The number of hydrogen-bond donors (Lipinski definition) is 2. The second kappa shape index (κ2) is 8.42. The molecule has 0 bridgehead atoms. The van der Waals surface area contributed by atoms with Crippen LogP contribution in [0.2, 0.25) is 0 Å². The summed E-state index contributed by atoms with van der Waals surface area (Å²) in [6.45, 7) is 0. The Hall–Kier alpha value is -3.76. The van der Waals surface area contributed by atoms with Gasteiger partial charge in [-0.3, -0.25) is 9.48 Å². The Morgan fingerprint density at radius 3 is 2.33 bits per heavy atom. The molecule has 0 aliphatic heterocycles. The van der Waals surface area contributed by atoms with Crippen molar-refractivity contribution in [2.75, 3.05) is 5.32 Å². The van der Waals surface area contributed by atoms with Crippen LogP contribution in [0.15, 0.2) is 42.6 Å². The minimum Gasteiger partial charge on any atom is -0.478 e. The standard InChI is InChI=1S/C25H20F5N3O3/c26-20-10-13(25(28,29)30)4-7-19(20)24(8-9-24)23(36)31-14-5-6-16(17(11-14)22(34)35)18-12-33(32-21(18)27)15-2-1-3-15/h4-7,10-12,15H,1-3,8-9H2,(H,31,36)(H,34,35). The van der Waals surface area contributed by atoms with E-state index in [1.54, 1.807) is 0 Å². The number of rotatable bonds is 6. The van der Waals surface area contributed by atoms with Crippen LogP contribution in [0.4, 0.5) is 27.6 Å². The fourth-order valence-electron chi connectivity index (χ4n) is 4.50. The van der Waals surface area contributed by atoms with Crippen molar-refractivity contribution in [1.29, 1.82) is 0 Å². The number of nitrogens with zero attached hydrogens (tertiary/aromatic N) is 2. The number of carbonyl (C=O) groups is 2. The van der Waals surface area contributed by atoms with Gasteiger partial charge in [0.2, 0.25) is 11.9 Å². The summed E-state index contributed by atoms with van der Waals surface area (Å²) >= 11 is 0. The number of carboxylic acid groups (broad SMARTS) is 1. The largest absolute Gasteiger partial charge is 0.478 e. The Balaban J connectivity index is 1.41. The number of aromatic carboxylic acids is 1. The number of aromatic nitrogens is 2. The van der Waals surface area contributed by atoms with Gasteiger partial charge in [0.1, 0.15) is 5.82 Å². The number of nitrogens with one attached hydrogen (secondary N) is 1. The van der Waals surface area contributed by atoms with Crippen LogP contribution in [0.25, 0.3) is 11.1 Å². The van der Waals surface area contributed by atoms with Gasteiger partial charge in [-0.25, -0.2) is 9.18 Å². The molecule has 1 amide bonds. The first-order valence-electron chi connectivity index (χ1n) is 11.3. The molecule has 11 heteroatoms. The van der Waals surface area contributed by atoms with Crippen LogP contribution in [0.3, 0.4) is 0 Å². The van der Waals surface area contributed by atoms with Crippen LogP contribution in [-0.2, 0) is 16.4 Å². The molecule has 3 aromatic rings.